The number of amides is 1. The largest absolute Gasteiger partial charge is 0.496 e. The zero-order chi connectivity index (χ0) is 20.6. The number of imidazole rings is 1. The third-order valence-electron chi connectivity index (χ3n) is 4.54. The fraction of sp³-hybridized carbons (Fsp3) is 0.318. The van der Waals surface area contributed by atoms with Gasteiger partial charge in [-0.3, -0.25) is 9.59 Å². The van der Waals surface area contributed by atoms with Crippen LogP contribution in [-0.4, -0.2) is 41.7 Å². The molecule has 3 rings (SSSR count). The Morgan fingerprint density at radius 1 is 1.10 bits per heavy atom. The van der Waals surface area contributed by atoms with Gasteiger partial charge in [0.05, 0.1) is 30.3 Å². The van der Waals surface area contributed by atoms with Crippen molar-refractivity contribution in [1.29, 1.82) is 0 Å². The van der Waals surface area contributed by atoms with Gasteiger partial charge in [-0.05, 0) is 37.6 Å². The van der Waals surface area contributed by atoms with Gasteiger partial charge in [-0.2, -0.15) is 0 Å². The van der Waals surface area contributed by atoms with Gasteiger partial charge < -0.3 is 19.4 Å². The molecule has 0 saturated carbocycles. The zero-order valence-electron chi connectivity index (χ0n) is 16.7. The molecule has 1 N–H and O–H groups in total. The number of methoxy groups -OCH3 is 1. The van der Waals surface area contributed by atoms with E-state index in [1.807, 2.05) is 34.9 Å². The number of hydrogen-bond donors (Lipinski definition) is 1. The predicted octanol–water partition coefficient (Wildman–Crippen LogP) is 2.97. The highest BCUT2D eigenvalue weighted by atomic mass is 16.5. The molecular weight excluding hydrogens is 370 g/mol. The lowest BCUT2D eigenvalue weighted by atomic mass is 10.2. The van der Waals surface area contributed by atoms with Crippen LogP contribution in [0.15, 0.2) is 48.5 Å². The van der Waals surface area contributed by atoms with Crippen LogP contribution < -0.4 is 10.1 Å². The molecule has 7 nitrogen and oxygen atoms in total. The third kappa shape index (κ3) is 4.93. The third-order valence-corrected chi connectivity index (χ3v) is 4.54. The number of carbonyl (C=O) groups is 2. The van der Waals surface area contributed by atoms with E-state index in [0.717, 1.165) is 16.9 Å². The number of nitrogens with zero attached hydrogens (tertiary/aromatic N) is 2. The minimum atomic E-state index is -0.290. The number of nitrogens with one attached hydrogen (secondary N) is 1. The van der Waals surface area contributed by atoms with Crippen molar-refractivity contribution in [1.82, 2.24) is 14.9 Å². The number of hydrogen-bond acceptors (Lipinski definition) is 5. The highest BCUT2D eigenvalue weighted by molar-refractivity contribution is 5.96. The molecule has 2 aromatic carbocycles. The van der Waals surface area contributed by atoms with Crippen molar-refractivity contribution in [2.75, 3.05) is 20.3 Å². The lowest BCUT2D eigenvalue weighted by molar-refractivity contribution is -0.143. The monoisotopic (exact) mass is 395 g/mol. The molecule has 0 unspecified atom stereocenters. The van der Waals surface area contributed by atoms with Crippen LogP contribution >= 0.6 is 0 Å². The lowest BCUT2D eigenvalue weighted by Gasteiger charge is -2.10. The number of rotatable bonds is 9. The Bertz CT molecular complexity index is 997. The van der Waals surface area contributed by atoms with Crippen molar-refractivity contribution in [3.63, 3.8) is 0 Å². The number of para-hydroxylation sites is 3. The molecule has 1 heterocycles. The molecule has 0 aliphatic rings. The number of aryl methyl sites for hydroxylation is 1. The van der Waals surface area contributed by atoms with E-state index in [4.69, 9.17) is 9.47 Å². The Kier molecular flexibility index (Phi) is 6.84. The van der Waals surface area contributed by atoms with E-state index in [-0.39, 0.29) is 18.4 Å². The topological polar surface area (TPSA) is 82.5 Å². The molecular formula is C22H25N3O4. The van der Waals surface area contributed by atoms with Gasteiger partial charge in [0.1, 0.15) is 18.1 Å². The molecule has 0 saturated heterocycles. The minimum Gasteiger partial charge on any atom is -0.496 e. The molecule has 29 heavy (non-hydrogen) atoms. The first-order valence-corrected chi connectivity index (χ1v) is 9.65. The van der Waals surface area contributed by atoms with Crippen molar-refractivity contribution < 1.29 is 19.1 Å². The second-order valence-electron chi connectivity index (χ2n) is 6.47. The van der Waals surface area contributed by atoms with Crippen molar-refractivity contribution in [2.24, 2.45) is 0 Å². The summed E-state index contributed by atoms with van der Waals surface area (Å²) in [5.74, 6) is 0.871. The summed E-state index contributed by atoms with van der Waals surface area (Å²) in [7, 11) is 1.54. The van der Waals surface area contributed by atoms with Gasteiger partial charge in [-0.1, -0.05) is 24.3 Å². The van der Waals surface area contributed by atoms with Crippen molar-refractivity contribution in [3.05, 3.63) is 59.9 Å². The average Bonchev–Trinajstić information content (AvgIpc) is 3.08. The number of esters is 1. The summed E-state index contributed by atoms with van der Waals surface area (Å²) in [6.07, 6.45) is 1.31. The SMILES string of the molecule is CCOC(=O)Cn1c(CCCNC(=O)c2ccccc2OC)nc2ccccc21. The molecule has 0 atom stereocenters. The van der Waals surface area contributed by atoms with Gasteiger partial charge >= 0.3 is 5.97 Å². The number of benzene rings is 2. The Morgan fingerprint density at radius 2 is 1.86 bits per heavy atom. The number of fused-ring (bicyclic) bond motifs is 1. The highest BCUT2D eigenvalue weighted by Crippen LogP contribution is 2.18. The van der Waals surface area contributed by atoms with E-state index in [1.165, 1.54) is 0 Å². The number of ether oxygens (including phenoxy) is 2. The molecule has 0 bridgehead atoms. The lowest BCUT2D eigenvalue weighted by Crippen LogP contribution is -2.25. The van der Waals surface area contributed by atoms with E-state index in [9.17, 15) is 9.59 Å². The molecule has 0 aliphatic heterocycles. The van der Waals surface area contributed by atoms with Gasteiger partial charge in [0.2, 0.25) is 0 Å². The first-order chi connectivity index (χ1) is 14.1. The molecule has 0 spiro atoms. The first-order valence-electron chi connectivity index (χ1n) is 9.65. The maximum absolute atomic E-state index is 12.4. The molecule has 0 radical (unpaired) electrons. The van der Waals surface area contributed by atoms with Crippen molar-refractivity contribution in [2.45, 2.75) is 26.3 Å². The van der Waals surface area contributed by atoms with Gasteiger partial charge in [0, 0.05) is 13.0 Å². The summed E-state index contributed by atoms with van der Waals surface area (Å²) in [6.45, 7) is 2.74. The summed E-state index contributed by atoms with van der Waals surface area (Å²) < 4.78 is 12.2. The van der Waals surface area contributed by atoms with E-state index in [2.05, 4.69) is 10.3 Å². The van der Waals surface area contributed by atoms with Gasteiger partial charge in [0.25, 0.3) is 5.91 Å². The fourth-order valence-electron chi connectivity index (χ4n) is 3.20. The van der Waals surface area contributed by atoms with E-state index in [0.29, 0.717) is 37.3 Å². The smallest absolute Gasteiger partial charge is 0.326 e. The van der Waals surface area contributed by atoms with Crippen LogP contribution in [0.1, 0.15) is 29.5 Å². The van der Waals surface area contributed by atoms with Crippen molar-refractivity contribution in [3.8, 4) is 5.75 Å². The molecule has 7 heteroatoms. The Hall–Kier alpha value is -3.35. The van der Waals surface area contributed by atoms with Crippen LogP contribution in [0.25, 0.3) is 11.0 Å². The van der Waals surface area contributed by atoms with Gasteiger partial charge in [-0.25, -0.2) is 4.98 Å². The van der Waals surface area contributed by atoms with Crippen molar-refractivity contribution >= 4 is 22.9 Å². The van der Waals surface area contributed by atoms with Crippen LogP contribution in [0.4, 0.5) is 0 Å². The van der Waals surface area contributed by atoms with E-state index < -0.39 is 0 Å². The second-order valence-corrected chi connectivity index (χ2v) is 6.47. The minimum absolute atomic E-state index is 0.122. The Balaban J connectivity index is 1.64. The zero-order valence-corrected chi connectivity index (χ0v) is 16.7. The normalized spacial score (nSPS) is 10.7. The van der Waals surface area contributed by atoms with Crippen LogP contribution in [0.5, 0.6) is 5.75 Å². The molecule has 1 amide bonds. The first kappa shape index (κ1) is 20.4. The van der Waals surface area contributed by atoms with Crippen LogP contribution in [0, 0.1) is 0 Å². The number of aromatic nitrogens is 2. The molecule has 0 aliphatic carbocycles. The average molecular weight is 395 g/mol. The molecule has 1 aromatic heterocycles. The number of carbonyl (C=O) groups excluding carboxylic acids is 2. The summed E-state index contributed by atoms with van der Waals surface area (Å²) in [6, 6.07) is 14.8. The van der Waals surface area contributed by atoms with Crippen LogP contribution in [0.2, 0.25) is 0 Å². The standard InChI is InChI=1S/C22H25N3O4/c1-3-29-21(26)15-25-18-11-6-5-10-17(18)24-20(25)13-8-14-23-22(27)16-9-4-7-12-19(16)28-2/h4-7,9-12H,3,8,13-15H2,1-2H3,(H,23,27). The van der Waals surface area contributed by atoms with E-state index in [1.54, 1.807) is 32.2 Å². The molecule has 3 aromatic rings. The second kappa shape index (κ2) is 9.73. The fourth-order valence-corrected chi connectivity index (χ4v) is 3.20. The molecule has 0 fully saturated rings. The quantitative estimate of drug-likeness (QED) is 0.445. The van der Waals surface area contributed by atoms with E-state index >= 15 is 0 Å². The predicted molar refractivity (Wildman–Crippen MR) is 110 cm³/mol. The molecule has 152 valence electrons. The summed E-state index contributed by atoms with van der Waals surface area (Å²) in [5, 5.41) is 2.91. The Morgan fingerprint density at radius 3 is 2.66 bits per heavy atom. The maximum atomic E-state index is 12.4. The summed E-state index contributed by atoms with van der Waals surface area (Å²) in [5.41, 5.74) is 2.24. The highest BCUT2D eigenvalue weighted by Gasteiger charge is 2.15. The summed E-state index contributed by atoms with van der Waals surface area (Å²) in [4.78, 5) is 29.0. The van der Waals surface area contributed by atoms with Crippen LogP contribution in [0.3, 0.4) is 0 Å². The van der Waals surface area contributed by atoms with Gasteiger partial charge in [-0.15, -0.1) is 0 Å². The maximum Gasteiger partial charge on any atom is 0.326 e. The van der Waals surface area contributed by atoms with Crippen LogP contribution in [-0.2, 0) is 22.5 Å². The Labute approximate surface area is 169 Å². The summed E-state index contributed by atoms with van der Waals surface area (Å²) >= 11 is 0. The van der Waals surface area contributed by atoms with Gasteiger partial charge in [0.15, 0.2) is 0 Å².